The summed E-state index contributed by atoms with van der Waals surface area (Å²) in [6.07, 6.45) is 6.75. The second-order valence-electron chi connectivity index (χ2n) is 9.26. The third-order valence-electron chi connectivity index (χ3n) is 7.40. The number of oxazole rings is 1. The molecule has 1 aromatic heterocycles. The Kier molecular flexibility index (Phi) is 6.42. The Labute approximate surface area is 189 Å². The molecular weight excluding hydrogens is 408 g/mol. The molecular formula is C24H34N4O4. The van der Waals surface area contributed by atoms with Gasteiger partial charge >= 0.3 is 5.97 Å². The van der Waals surface area contributed by atoms with Crippen molar-refractivity contribution in [1.82, 2.24) is 9.88 Å². The minimum absolute atomic E-state index is 0.321. The number of carbonyl (C=O) groups excluding carboxylic acids is 2. The quantitative estimate of drug-likeness (QED) is 0.683. The van der Waals surface area contributed by atoms with E-state index in [9.17, 15) is 9.59 Å². The maximum atomic E-state index is 13.0. The zero-order chi connectivity index (χ0) is 22.9. The first-order chi connectivity index (χ1) is 15.4. The van der Waals surface area contributed by atoms with E-state index in [4.69, 9.17) is 14.9 Å². The highest BCUT2D eigenvalue weighted by atomic mass is 16.5. The predicted octanol–water partition coefficient (Wildman–Crippen LogP) is 3.48. The number of esters is 1. The summed E-state index contributed by atoms with van der Waals surface area (Å²) in [5.74, 6) is -0.823. The SMILES string of the molecule is COC(=O)c1cccc2nc(N3CCCCC3(CCN3[C@H](C)CCC[C@@H]3C)C(N)=O)oc12. The van der Waals surface area contributed by atoms with Gasteiger partial charge in [0.25, 0.3) is 6.01 Å². The van der Waals surface area contributed by atoms with Crippen LogP contribution in [-0.4, -0.2) is 59.6 Å². The average molecular weight is 443 g/mol. The van der Waals surface area contributed by atoms with Gasteiger partial charge in [-0.2, -0.15) is 4.98 Å². The summed E-state index contributed by atoms with van der Waals surface area (Å²) in [6.45, 7) is 5.96. The molecule has 2 fully saturated rings. The van der Waals surface area contributed by atoms with Crippen LogP contribution in [0.2, 0.25) is 0 Å². The molecule has 0 saturated carbocycles. The number of ether oxygens (including phenoxy) is 1. The Morgan fingerprint density at radius 2 is 1.97 bits per heavy atom. The van der Waals surface area contributed by atoms with Gasteiger partial charge < -0.3 is 19.8 Å². The number of para-hydroxylation sites is 1. The van der Waals surface area contributed by atoms with E-state index in [0.717, 1.165) is 19.4 Å². The summed E-state index contributed by atoms with van der Waals surface area (Å²) in [6, 6.07) is 6.52. The third kappa shape index (κ3) is 3.96. The number of likely N-dealkylation sites (tertiary alicyclic amines) is 1. The number of primary amides is 1. The molecule has 1 unspecified atom stereocenters. The first kappa shape index (κ1) is 22.6. The highest BCUT2D eigenvalue weighted by molar-refractivity contribution is 6.01. The van der Waals surface area contributed by atoms with Crippen molar-refractivity contribution < 1.29 is 18.7 Å². The van der Waals surface area contributed by atoms with E-state index in [1.807, 2.05) is 4.90 Å². The normalized spacial score (nSPS) is 26.9. The largest absolute Gasteiger partial charge is 0.465 e. The molecule has 8 nitrogen and oxygen atoms in total. The second kappa shape index (κ2) is 9.10. The molecule has 0 radical (unpaired) electrons. The summed E-state index contributed by atoms with van der Waals surface area (Å²) >= 11 is 0. The van der Waals surface area contributed by atoms with E-state index >= 15 is 0 Å². The molecule has 0 spiro atoms. The summed E-state index contributed by atoms with van der Waals surface area (Å²) in [4.78, 5) is 34.2. The van der Waals surface area contributed by atoms with Crippen LogP contribution in [0.3, 0.4) is 0 Å². The summed E-state index contributed by atoms with van der Waals surface area (Å²) in [7, 11) is 1.34. The molecule has 32 heavy (non-hydrogen) atoms. The number of benzene rings is 1. The van der Waals surface area contributed by atoms with E-state index in [0.29, 0.717) is 54.1 Å². The number of nitrogens with two attached hydrogens (primary N) is 1. The number of anilines is 1. The number of hydrogen-bond acceptors (Lipinski definition) is 7. The van der Waals surface area contributed by atoms with E-state index in [1.54, 1.807) is 18.2 Å². The van der Waals surface area contributed by atoms with Crippen LogP contribution in [-0.2, 0) is 9.53 Å². The first-order valence-electron chi connectivity index (χ1n) is 11.7. The summed E-state index contributed by atoms with van der Waals surface area (Å²) in [5, 5.41) is 0. The van der Waals surface area contributed by atoms with Gasteiger partial charge in [-0.1, -0.05) is 12.5 Å². The fraction of sp³-hybridized carbons (Fsp3) is 0.625. The van der Waals surface area contributed by atoms with E-state index in [-0.39, 0.29) is 5.91 Å². The minimum Gasteiger partial charge on any atom is -0.465 e. The number of rotatable bonds is 6. The second-order valence-corrected chi connectivity index (χ2v) is 9.26. The fourth-order valence-corrected chi connectivity index (χ4v) is 5.51. The lowest BCUT2D eigenvalue weighted by molar-refractivity contribution is -0.124. The lowest BCUT2D eigenvalue weighted by Gasteiger charge is -2.46. The van der Waals surface area contributed by atoms with Crippen molar-refractivity contribution in [3.05, 3.63) is 23.8 Å². The van der Waals surface area contributed by atoms with Gasteiger partial charge in [-0.25, -0.2) is 4.79 Å². The van der Waals surface area contributed by atoms with Crippen molar-refractivity contribution >= 4 is 29.0 Å². The van der Waals surface area contributed by atoms with Gasteiger partial charge in [-0.05, 0) is 64.5 Å². The molecule has 3 atom stereocenters. The number of fused-ring (bicyclic) bond motifs is 1. The van der Waals surface area contributed by atoms with Crippen LogP contribution in [0.4, 0.5) is 6.01 Å². The molecule has 2 aliphatic heterocycles. The van der Waals surface area contributed by atoms with Crippen molar-refractivity contribution in [2.75, 3.05) is 25.1 Å². The number of aromatic nitrogens is 1. The molecule has 2 aromatic rings. The van der Waals surface area contributed by atoms with Gasteiger partial charge in [0.05, 0.1) is 7.11 Å². The summed E-state index contributed by atoms with van der Waals surface area (Å²) < 4.78 is 11.0. The maximum Gasteiger partial charge on any atom is 0.341 e. The van der Waals surface area contributed by atoms with E-state index in [2.05, 4.69) is 23.7 Å². The van der Waals surface area contributed by atoms with Crippen molar-refractivity contribution in [2.24, 2.45) is 5.73 Å². The zero-order valence-electron chi connectivity index (χ0n) is 19.3. The van der Waals surface area contributed by atoms with Crippen molar-refractivity contribution in [1.29, 1.82) is 0 Å². The Morgan fingerprint density at radius 1 is 1.22 bits per heavy atom. The molecule has 2 N–H and O–H groups in total. The number of hydrogen-bond donors (Lipinski definition) is 1. The molecule has 4 rings (SSSR count). The zero-order valence-corrected chi connectivity index (χ0v) is 19.3. The van der Waals surface area contributed by atoms with Crippen molar-refractivity contribution in [3.63, 3.8) is 0 Å². The molecule has 2 saturated heterocycles. The molecule has 3 heterocycles. The van der Waals surface area contributed by atoms with Crippen LogP contribution in [0.15, 0.2) is 22.6 Å². The fourth-order valence-electron chi connectivity index (χ4n) is 5.51. The lowest BCUT2D eigenvalue weighted by atomic mass is 9.82. The van der Waals surface area contributed by atoms with Crippen LogP contribution in [0.1, 0.15) is 69.2 Å². The lowest BCUT2D eigenvalue weighted by Crippen LogP contribution is -2.62. The van der Waals surface area contributed by atoms with Crippen LogP contribution >= 0.6 is 0 Å². The topological polar surface area (TPSA) is 102 Å². The average Bonchev–Trinajstić information content (AvgIpc) is 3.22. The highest BCUT2D eigenvalue weighted by Gasteiger charge is 2.47. The number of carbonyl (C=O) groups is 2. The molecule has 0 aliphatic carbocycles. The molecule has 2 aliphatic rings. The van der Waals surface area contributed by atoms with Gasteiger partial charge in [0, 0.05) is 25.2 Å². The number of methoxy groups -OCH3 is 1. The maximum absolute atomic E-state index is 13.0. The predicted molar refractivity (Wildman–Crippen MR) is 123 cm³/mol. The standard InChI is InChI=1S/C24H34N4O4/c1-16-8-6-9-17(2)27(16)15-13-24(22(25)30)12-4-5-14-28(24)23-26-19-11-7-10-18(20(19)32-23)21(29)31-3/h7,10-11,16-17H,4-6,8-9,12-15H2,1-3H3,(H2,25,30)/t16-,17+,24?. The Hall–Kier alpha value is -2.61. The van der Waals surface area contributed by atoms with E-state index in [1.165, 1.54) is 26.4 Å². The van der Waals surface area contributed by atoms with Gasteiger partial charge in [0.15, 0.2) is 5.58 Å². The van der Waals surface area contributed by atoms with Crippen LogP contribution in [0.5, 0.6) is 0 Å². The van der Waals surface area contributed by atoms with Gasteiger partial charge in [0.1, 0.15) is 16.6 Å². The van der Waals surface area contributed by atoms with Crippen molar-refractivity contribution in [2.45, 2.75) is 76.4 Å². The Balaban J connectivity index is 1.68. The molecule has 0 bridgehead atoms. The monoisotopic (exact) mass is 442 g/mol. The van der Waals surface area contributed by atoms with Crippen LogP contribution in [0, 0.1) is 0 Å². The van der Waals surface area contributed by atoms with Gasteiger partial charge in [0.2, 0.25) is 5.91 Å². The number of piperidine rings is 2. The minimum atomic E-state index is -0.860. The molecule has 174 valence electrons. The number of amides is 1. The van der Waals surface area contributed by atoms with Crippen molar-refractivity contribution in [3.8, 4) is 0 Å². The molecule has 8 heteroatoms. The molecule has 1 aromatic carbocycles. The third-order valence-corrected chi connectivity index (χ3v) is 7.40. The van der Waals surface area contributed by atoms with Crippen LogP contribution in [0.25, 0.3) is 11.1 Å². The smallest absolute Gasteiger partial charge is 0.341 e. The van der Waals surface area contributed by atoms with Gasteiger partial charge in [-0.3, -0.25) is 9.69 Å². The Morgan fingerprint density at radius 3 is 2.66 bits per heavy atom. The van der Waals surface area contributed by atoms with Crippen LogP contribution < -0.4 is 10.6 Å². The van der Waals surface area contributed by atoms with Gasteiger partial charge in [-0.15, -0.1) is 0 Å². The number of nitrogens with zero attached hydrogens (tertiary/aromatic N) is 3. The first-order valence-corrected chi connectivity index (χ1v) is 11.7. The highest BCUT2D eigenvalue weighted by Crippen LogP contribution is 2.38. The molecule has 1 amide bonds. The van der Waals surface area contributed by atoms with E-state index < -0.39 is 11.5 Å². The Bertz CT molecular complexity index is 980. The summed E-state index contributed by atoms with van der Waals surface area (Å²) in [5.41, 5.74) is 6.46.